The first-order valence-electron chi connectivity index (χ1n) is 9.14. The van der Waals surface area contributed by atoms with Crippen molar-refractivity contribution < 1.29 is 19.8 Å². The van der Waals surface area contributed by atoms with Gasteiger partial charge in [0.25, 0.3) is 5.56 Å². The number of anilines is 1. The van der Waals surface area contributed by atoms with Gasteiger partial charge in [0.1, 0.15) is 16.9 Å². The Morgan fingerprint density at radius 3 is 2.14 bits per heavy atom. The number of benzene rings is 1. The lowest BCUT2D eigenvalue weighted by Gasteiger charge is -2.23. The molecule has 2 rings (SSSR count). The van der Waals surface area contributed by atoms with Crippen molar-refractivity contribution in [1.29, 1.82) is 0 Å². The van der Waals surface area contributed by atoms with Crippen LogP contribution < -0.4 is 11.3 Å². The van der Waals surface area contributed by atoms with E-state index < -0.39 is 28.6 Å². The van der Waals surface area contributed by atoms with E-state index in [2.05, 4.69) is 23.7 Å². The minimum atomic E-state index is -1.51. The van der Waals surface area contributed by atoms with Crippen LogP contribution in [0.5, 0.6) is 0 Å². The monoisotopic (exact) mass is 387 g/mol. The molecule has 0 bridgehead atoms. The lowest BCUT2D eigenvalue weighted by molar-refractivity contribution is 0.0695. The van der Waals surface area contributed by atoms with Crippen LogP contribution in [0.25, 0.3) is 11.1 Å². The summed E-state index contributed by atoms with van der Waals surface area (Å²) < 4.78 is 0. The quantitative estimate of drug-likeness (QED) is 0.519. The number of H-pyrrole nitrogens is 1. The number of aromatic amines is 1. The number of nitrogens with zero attached hydrogens (tertiary/aromatic N) is 1. The maximum absolute atomic E-state index is 12.3. The Labute approximate surface area is 162 Å². The normalized spacial score (nSPS) is 11.0. The zero-order valence-electron chi connectivity index (χ0n) is 16.0. The summed E-state index contributed by atoms with van der Waals surface area (Å²) in [4.78, 5) is 40.2. The summed E-state index contributed by atoms with van der Waals surface area (Å²) >= 11 is 0. The smallest absolute Gasteiger partial charge is 0.342 e. The van der Waals surface area contributed by atoms with Crippen LogP contribution in [0.4, 0.5) is 5.82 Å². The Morgan fingerprint density at radius 2 is 1.61 bits per heavy atom. The fourth-order valence-corrected chi connectivity index (χ4v) is 3.36. The van der Waals surface area contributed by atoms with Crippen LogP contribution in [-0.4, -0.2) is 45.1 Å². The van der Waals surface area contributed by atoms with Gasteiger partial charge in [-0.25, -0.2) is 9.59 Å². The minimum absolute atomic E-state index is 0.162. The second kappa shape index (κ2) is 9.18. The third-order valence-corrected chi connectivity index (χ3v) is 4.43. The second-order valence-corrected chi connectivity index (χ2v) is 6.54. The average molecular weight is 387 g/mol. The van der Waals surface area contributed by atoms with Gasteiger partial charge >= 0.3 is 11.9 Å². The van der Waals surface area contributed by atoms with Crippen LogP contribution >= 0.6 is 0 Å². The van der Waals surface area contributed by atoms with Gasteiger partial charge in [0.15, 0.2) is 0 Å². The minimum Gasteiger partial charge on any atom is -0.478 e. The Morgan fingerprint density at radius 1 is 1.04 bits per heavy atom. The van der Waals surface area contributed by atoms with Crippen LogP contribution in [0, 0.1) is 0 Å². The number of carboxylic acid groups (broad SMARTS) is 2. The molecule has 0 aliphatic heterocycles. The van der Waals surface area contributed by atoms with Gasteiger partial charge in [-0.1, -0.05) is 38.1 Å². The predicted molar refractivity (Wildman–Crippen MR) is 107 cm³/mol. The SMILES string of the molecule is CCCN(CCC)Cc1ccccc1-c1c(C(=O)O)c(N)[nH]c(=O)c1C(=O)O. The average Bonchev–Trinajstić information content (AvgIpc) is 2.61. The standard InChI is InChI=1S/C20H25N3O5/c1-3-9-23(10-4-2)11-12-7-5-6-8-13(12)14-15(19(25)26)17(21)22-18(24)16(14)20(27)28/h5-8H,3-4,9-11H2,1-2H3,(H,25,26)(H,27,28)(H3,21,22,24). The first-order valence-corrected chi connectivity index (χ1v) is 9.14. The first-order chi connectivity index (χ1) is 13.3. The number of rotatable bonds is 9. The maximum Gasteiger partial charge on any atom is 0.342 e. The highest BCUT2D eigenvalue weighted by Crippen LogP contribution is 2.32. The van der Waals surface area contributed by atoms with E-state index in [1.165, 1.54) is 0 Å². The molecule has 0 saturated heterocycles. The number of nitrogens with two attached hydrogens (primary N) is 1. The zero-order chi connectivity index (χ0) is 20.8. The summed E-state index contributed by atoms with van der Waals surface area (Å²) in [6, 6.07) is 6.91. The molecule has 0 unspecified atom stereocenters. The largest absolute Gasteiger partial charge is 0.478 e. The lowest BCUT2D eigenvalue weighted by Crippen LogP contribution is -2.26. The molecule has 0 radical (unpaired) electrons. The molecule has 1 heterocycles. The third kappa shape index (κ3) is 4.40. The first kappa shape index (κ1) is 21.2. The topological polar surface area (TPSA) is 137 Å². The van der Waals surface area contributed by atoms with Crippen molar-refractivity contribution in [3.63, 3.8) is 0 Å². The molecule has 0 saturated carbocycles. The van der Waals surface area contributed by atoms with Crippen molar-refractivity contribution in [3.05, 3.63) is 51.3 Å². The molecule has 8 nitrogen and oxygen atoms in total. The van der Waals surface area contributed by atoms with Crippen molar-refractivity contribution in [1.82, 2.24) is 9.88 Å². The number of nitrogen functional groups attached to an aromatic ring is 1. The number of carbonyl (C=O) groups is 2. The highest BCUT2D eigenvalue weighted by atomic mass is 16.4. The van der Waals surface area contributed by atoms with Crippen molar-refractivity contribution >= 4 is 17.8 Å². The predicted octanol–water partition coefficient (Wildman–Crippen LogP) is 2.64. The van der Waals surface area contributed by atoms with Crippen molar-refractivity contribution in [2.75, 3.05) is 18.8 Å². The Hall–Kier alpha value is -3.13. The van der Waals surface area contributed by atoms with Crippen molar-refractivity contribution in [2.45, 2.75) is 33.2 Å². The molecule has 0 fully saturated rings. The van der Waals surface area contributed by atoms with Gasteiger partial charge < -0.3 is 20.9 Å². The molecule has 1 aromatic heterocycles. The number of aromatic nitrogens is 1. The van der Waals surface area contributed by atoms with Gasteiger partial charge in [-0.2, -0.15) is 0 Å². The molecular weight excluding hydrogens is 362 g/mol. The molecule has 0 amide bonds. The van der Waals surface area contributed by atoms with E-state index >= 15 is 0 Å². The van der Waals surface area contributed by atoms with E-state index in [-0.39, 0.29) is 11.4 Å². The summed E-state index contributed by atoms with van der Waals surface area (Å²) in [5.41, 5.74) is 4.72. The molecule has 0 atom stereocenters. The van der Waals surface area contributed by atoms with Crippen LogP contribution in [0.2, 0.25) is 0 Å². The number of hydrogen-bond donors (Lipinski definition) is 4. The number of nitrogens with one attached hydrogen (secondary N) is 1. The molecular formula is C20H25N3O5. The Kier molecular flexibility index (Phi) is 6.94. The van der Waals surface area contributed by atoms with Gasteiger partial charge in [0.2, 0.25) is 0 Å². The molecule has 5 N–H and O–H groups in total. The van der Waals surface area contributed by atoms with Gasteiger partial charge in [-0.3, -0.25) is 9.69 Å². The Balaban J connectivity index is 2.77. The fourth-order valence-electron chi connectivity index (χ4n) is 3.36. The van der Waals surface area contributed by atoms with Gasteiger partial charge in [-0.15, -0.1) is 0 Å². The van der Waals surface area contributed by atoms with Crippen molar-refractivity contribution in [2.24, 2.45) is 0 Å². The lowest BCUT2D eigenvalue weighted by atomic mass is 9.91. The fraction of sp³-hybridized carbons (Fsp3) is 0.350. The summed E-state index contributed by atoms with van der Waals surface area (Å²) in [7, 11) is 0. The van der Waals surface area contributed by atoms with E-state index in [1.807, 2.05) is 6.07 Å². The van der Waals surface area contributed by atoms with Crippen LogP contribution in [0.1, 0.15) is 53.0 Å². The summed E-state index contributed by atoms with van der Waals surface area (Å²) in [5, 5.41) is 19.2. The second-order valence-electron chi connectivity index (χ2n) is 6.54. The molecule has 1 aromatic carbocycles. The molecule has 8 heteroatoms. The van der Waals surface area contributed by atoms with E-state index in [0.29, 0.717) is 12.1 Å². The summed E-state index contributed by atoms with van der Waals surface area (Å²) in [5.74, 6) is -3.28. The number of pyridine rings is 1. The molecule has 0 aliphatic rings. The maximum atomic E-state index is 12.3. The number of hydrogen-bond acceptors (Lipinski definition) is 5. The summed E-state index contributed by atoms with van der Waals surface area (Å²) in [6.45, 7) is 6.32. The van der Waals surface area contributed by atoms with E-state index in [1.54, 1.807) is 18.2 Å². The molecule has 28 heavy (non-hydrogen) atoms. The van der Waals surface area contributed by atoms with E-state index in [0.717, 1.165) is 31.5 Å². The van der Waals surface area contributed by atoms with Crippen LogP contribution in [0.15, 0.2) is 29.1 Å². The zero-order valence-corrected chi connectivity index (χ0v) is 16.0. The van der Waals surface area contributed by atoms with Gasteiger partial charge in [0.05, 0.1) is 0 Å². The van der Waals surface area contributed by atoms with Crippen molar-refractivity contribution in [3.8, 4) is 11.1 Å². The molecule has 2 aromatic rings. The molecule has 0 aliphatic carbocycles. The third-order valence-electron chi connectivity index (χ3n) is 4.43. The Bertz CT molecular complexity index is 930. The highest BCUT2D eigenvalue weighted by molar-refractivity contribution is 6.07. The summed E-state index contributed by atoms with van der Waals surface area (Å²) in [6.07, 6.45) is 1.89. The van der Waals surface area contributed by atoms with E-state index in [4.69, 9.17) is 5.73 Å². The molecule has 150 valence electrons. The number of carboxylic acids is 2. The van der Waals surface area contributed by atoms with Crippen LogP contribution in [0.3, 0.4) is 0 Å². The van der Waals surface area contributed by atoms with Gasteiger partial charge in [0, 0.05) is 12.1 Å². The van der Waals surface area contributed by atoms with E-state index in [9.17, 15) is 24.6 Å². The number of aromatic carboxylic acids is 2. The van der Waals surface area contributed by atoms with Gasteiger partial charge in [-0.05, 0) is 37.1 Å². The van der Waals surface area contributed by atoms with Crippen LogP contribution in [-0.2, 0) is 6.54 Å². The molecule has 0 spiro atoms. The highest BCUT2D eigenvalue weighted by Gasteiger charge is 2.27.